The number of nitrogens with one attached hydrogen (secondary N) is 1. The van der Waals surface area contributed by atoms with Crippen LogP contribution < -0.4 is 5.32 Å². The van der Waals surface area contributed by atoms with Crippen LogP contribution in [0.5, 0.6) is 0 Å². The van der Waals surface area contributed by atoms with Crippen molar-refractivity contribution in [2.45, 2.75) is 38.5 Å². The Bertz CT molecular complexity index is 620. The quantitative estimate of drug-likeness (QED) is 0.784. The van der Waals surface area contributed by atoms with Crippen LogP contribution in [0.2, 0.25) is 0 Å². The lowest BCUT2D eigenvalue weighted by molar-refractivity contribution is -0.122. The van der Waals surface area contributed by atoms with Gasteiger partial charge in [0, 0.05) is 18.7 Å². The molecular weight excluding hydrogens is 298 g/mol. The van der Waals surface area contributed by atoms with Gasteiger partial charge in [-0.25, -0.2) is 8.42 Å². The Morgan fingerprint density at radius 2 is 1.91 bits per heavy atom. The lowest BCUT2D eigenvalue weighted by Crippen LogP contribution is -2.27. The van der Waals surface area contributed by atoms with Crippen molar-refractivity contribution in [2.24, 2.45) is 5.92 Å². The first-order valence-electron chi connectivity index (χ1n) is 7.83. The smallest absolute Gasteiger partial charge is 0.223 e. The summed E-state index contributed by atoms with van der Waals surface area (Å²) in [5.74, 6) is 1.05. The van der Waals surface area contributed by atoms with E-state index >= 15 is 0 Å². The zero-order valence-corrected chi connectivity index (χ0v) is 14.3. The van der Waals surface area contributed by atoms with E-state index in [0.717, 1.165) is 6.42 Å². The molecule has 1 aromatic rings. The first kappa shape index (κ1) is 17.0. The molecule has 0 radical (unpaired) electrons. The average molecular weight is 323 g/mol. The number of carbonyl (C=O) groups is 1. The van der Waals surface area contributed by atoms with E-state index in [4.69, 9.17) is 0 Å². The molecule has 1 aliphatic rings. The third-order valence-electron chi connectivity index (χ3n) is 4.15. The second kappa shape index (κ2) is 6.82. The lowest BCUT2D eigenvalue weighted by Gasteiger charge is -2.07. The summed E-state index contributed by atoms with van der Waals surface area (Å²) in [6, 6.07) is 8.52. The van der Waals surface area contributed by atoms with E-state index in [9.17, 15) is 13.2 Å². The molecule has 0 aromatic heterocycles. The van der Waals surface area contributed by atoms with Gasteiger partial charge in [0.2, 0.25) is 5.91 Å². The molecule has 0 unspecified atom stereocenters. The van der Waals surface area contributed by atoms with Gasteiger partial charge in [0.05, 0.1) is 5.75 Å². The summed E-state index contributed by atoms with van der Waals surface area (Å²) >= 11 is 0. The van der Waals surface area contributed by atoms with Crippen LogP contribution in [-0.4, -0.2) is 32.9 Å². The fourth-order valence-corrected chi connectivity index (χ4v) is 3.33. The molecule has 1 saturated carbocycles. The summed E-state index contributed by atoms with van der Waals surface area (Å²) in [6.45, 7) is 4.76. The van der Waals surface area contributed by atoms with Gasteiger partial charge in [-0.15, -0.1) is 0 Å². The maximum atomic E-state index is 12.0. The number of carbonyl (C=O) groups excluding carboxylic acids is 1. The number of hydrogen-bond acceptors (Lipinski definition) is 3. The number of sulfone groups is 1. The van der Waals surface area contributed by atoms with E-state index in [0.29, 0.717) is 24.8 Å². The highest BCUT2D eigenvalue weighted by atomic mass is 32.2. The largest absolute Gasteiger partial charge is 0.356 e. The first-order chi connectivity index (χ1) is 10.3. The van der Waals surface area contributed by atoms with Crippen LogP contribution in [0.3, 0.4) is 0 Å². The average Bonchev–Trinajstić information content (AvgIpc) is 3.23. The van der Waals surface area contributed by atoms with Crippen LogP contribution >= 0.6 is 0 Å². The van der Waals surface area contributed by atoms with E-state index in [2.05, 4.69) is 43.4 Å². The number of hydrogen-bond donors (Lipinski definition) is 1. The molecule has 2 atom stereocenters. The molecular formula is C17H25NO3S. The van der Waals surface area contributed by atoms with E-state index in [-0.39, 0.29) is 17.6 Å². The van der Waals surface area contributed by atoms with Gasteiger partial charge in [-0.3, -0.25) is 4.79 Å². The molecule has 0 spiro atoms. The van der Waals surface area contributed by atoms with Crippen LogP contribution in [0.25, 0.3) is 0 Å². The van der Waals surface area contributed by atoms with Crippen molar-refractivity contribution < 1.29 is 13.2 Å². The Morgan fingerprint density at radius 1 is 1.27 bits per heavy atom. The highest BCUT2D eigenvalue weighted by molar-refractivity contribution is 7.90. The van der Waals surface area contributed by atoms with Crippen molar-refractivity contribution >= 4 is 15.7 Å². The maximum absolute atomic E-state index is 12.0. The predicted octanol–water partition coefficient (Wildman–Crippen LogP) is 2.46. The molecule has 4 nitrogen and oxygen atoms in total. The van der Waals surface area contributed by atoms with E-state index in [1.54, 1.807) is 0 Å². The highest BCUT2D eigenvalue weighted by Crippen LogP contribution is 2.47. The second-order valence-corrected chi connectivity index (χ2v) is 8.80. The predicted molar refractivity (Wildman–Crippen MR) is 88.7 cm³/mol. The summed E-state index contributed by atoms with van der Waals surface area (Å²) in [7, 11) is -2.94. The monoisotopic (exact) mass is 323 g/mol. The molecule has 2 rings (SSSR count). The van der Waals surface area contributed by atoms with Gasteiger partial charge in [-0.2, -0.15) is 0 Å². The first-order valence-corrected chi connectivity index (χ1v) is 9.89. The van der Waals surface area contributed by atoms with Crippen LogP contribution in [0.1, 0.15) is 49.7 Å². The van der Waals surface area contributed by atoms with Crippen LogP contribution in [0, 0.1) is 5.92 Å². The van der Waals surface area contributed by atoms with Crippen molar-refractivity contribution in [3.8, 4) is 0 Å². The van der Waals surface area contributed by atoms with Crippen molar-refractivity contribution in [3.63, 3.8) is 0 Å². The summed E-state index contributed by atoms with van der Waals surface area (Å²) in [6.07, 6.45) is 2.58. The topological polar surface area (TPSA) is 63.2 Å². The summed E-state index contributed by atoms with van der Waals surface area (Å²) in [5, 5.41) is 2.84. The Balaban J connectivity index is 1.78. The zero-order chi connectivity index (χ0) is 16.3. The van der Waals surface area contributed by atoms with Gasteiger partial charge >= 0.3 is 0 Å². The van der Waals surface area contributed by atoms with E-state index in [1.165, 1.54) is 17.4 Å². The molecule has 1 fully saturated rings. The summed E-state index contributed by atoms with van der Waals surface area (Å²) < 4.78 is 22.0. The van der Waals surface area contributed by atoms with Crippen LogP contribution in [-0.2, 0) is 14.6 Å². The molecule has 0 heterocycles. The molecule has 1 N–H and O–H groups in total. The molecule has 0 bridgehead atoms. The fraction of sp³-hybridized carbons (Fsp3) is 0.588. The molecule has 122 valence electrons. The summed E-state index contributed by atoms with van der Waals surface area (Å²) in [5.41, 5.74) is 2.53. The summed E-state index contributed by atoms with van der Waals surface area (Å²) in [4.78, 5) is 12.0. The normalized spacial score (nSPS) is 20.9. The van der Waals surface area contributed by atoms with Gasteiger partial charge in [-0.1, -0.05) is 38.1 Å². The van der Waals surface area contributed by atoms with Gasteiger partial charge in [0.25, 0.3) is 0 Å². The van der Waals surface area contributed by atoms with Crippen molar-refractivity contribution in [3.05, 3.63) is 35.4 Å². The standard InChI is InChI=1S/C17H25NO3S/c1-12(2)13-5-7-14(8-6-13)15-11-16(15)17(19)18-9-4-10-22(3,20)21/h5-8,12,15-16H,4,9-11H2,1-3H3,(H,18,19)/t15-,16+/m0/s1. The van der Waals surface area contributed by atoms with Crippen LogP contribution in [0.4, 0.5) is 0 Å². The van der Waals surface area contributed by atoms with Crippen LogP contribution in [0.15, 0.2) is 24.3 Å². The number of amides is 1. The van der Waals surface area contributed by atoms with Crippen molar-refractivity contribution in [1.29, 1.82) is 0 Å². The lowest BCUT2D eigenvalue weighted by atomic mass is 10.00. The third kappa shape index (κ3) is 4.83. The number of benzene rings is 1. The Labute approximate surface area is 133 Å². The number of rotatable bonds is 7. The Hall–Kier alpha value is -1.36. The second-order valence-electron chi connectivity index (χ2n) is 6.54. The minimum Gasteiger partial charge on any atom is -0.356 e. The molecule has 0 saturated heterocycles. The Morgan fingerprint density at radius 3 is 2.45 bits per heavy atom. The fourth-order valence-electron chi connectivity index (χ4n) is 2.66. The molecule has 1 amide bonds. The minimum absolute atomic E-state index is 0.0446. The zero-order valence-electron chi connectivity index (χ0n) is 13.5. The van der Waals surface area contributed by atoms with Crippen molar-refractivity contribution in [2.75, 3.05) is 18.6 Å². The van der Waals surface area contributed by atoms with Gasteiger partial charge in [0.1, 0.15) is 9.84 Å². The molecule has 5 heteroatoms. The van der Waals surface area contributed by atoms with Gasteiger partial charge in [-0.05, 0) is 35.8 Å². The minimum atomic E-state index is -2.94. The SMILES string of the molecule is CC(C)c1ccc([C@@H]2C[C@H]2C(=O)NCCCS(C)(=O)=O)cc1. The third-order valence-corrected chi connectivity index (χ3v) is 5.18. The molecule has 1 aromatic carbocycles. The molecule has 1 aliphatic carbocycles. The maximum Gasteiger partial charge on any atom is 0.223 e. The van der Waals surface area contributed by atoms with E-state index in [1.807, 2.05) is 0 Å². The van der Waals surface area contributed by atoms with Gasteiger partial charge < -0.3 is 5.32 Å². The van der Waals surface area contributed by atoms with Crippen molar-refractivity contribution in [1.82, 2.24) is 5.32 Å². The molecule has 22 heavy (non-hydrogen) atoms. The molecule has 0 aliphatic heterocycles. The van der Waals surface area contributed by atoms with Gasteiger partial charge in [0.15, 0.2) is 0 Å². The Kier molecular flexibility index (Phi) is 5.27. The highest BCUT2D eigenvalue weighted by Gasteiger charge is 2.43. The van der Waals surface area contributed by atoms with E-state index < -0.39 is 9.84 Å².